The lowest BCUT2D eigenvalue weighted by molar-refractivity contribution is 0.222. The summed E-state index contributed by atoms with van der Waals surface area (Å²) in [5.41, 5.74) is 11.7. The van der Waals surface area contributed by atoms with Crippen LogP contribution in [0, 0.1) is 0 Å². The fourth-order valence-electron chi connectivity index (χ4n) is 3.42. The predicted molar refractivity (Wildman–Crippen MR) is 107 cm³/mol. The Morgan fingerprint density at radius 3 is 2.78 bits per heavy atom. The summed E-state index contributed by atoms with van der Waals surface area (Å²) in [6, 6.07) is 13.7. The van der Waals surface area contributed by atoms with E-state index in [2.05, 4.69) is 16.0 Å². The Balaban J connectivity index is 1.92. The highest BCUT2D eigenvalue weighted by Crippen LogP contribution is 2.33. The number of nitrogens with zero attached hydrogens (tertiary/aromatic N) is 2. The van der Waals surface area contributed by atoms with Crippen molar-refractivity contribution >= 4 is 28.2 Å². The number of aromatic amines is 1. The standard InChI is InChI=1S/C21H20N4O2/c1-3-18-19(13(2)11-23-27-18)15-9-16(22)20-17(10-15)25(21(26)24-20)12-14-7-5-4-6-8-14/h4-10H,3,12,22H2,1-2H3,(H,24,26). The summed E-state index contributed by atoms with van der Waals surface area (Å²) < 4.78 is 1.70. The molecule has 0 radical (unpaired) electrons. The number of aromatic nitrogens is 2. The van der Waals surface area contributed by atoms with E-state index in [4.69, 9.17) is 10.6 Å². The summed E-state index contributed by atoms with van der Waals surface area (Å²) in [4.78, 5) is 20.8. The maximum atomic E-state index is 12.6. The van der Waals surface area contributed by atoms with Crippen molar-refractivity contribution in [3.05, 3.63) is 75.4 Å². The molecule has 1 aromatic heterocycles. The first-order chi connectivity index (χ1) is 13.1. The molecule has 4 rings (SSSR count). The van der Waals surface area contributed by atoms with Crippen molar-refractivity contribution < 1.29 is 4.84 Å². The molecule has 6 nitrogen and oxygen atoms in total. The SMILES string of the molecule is CCC1=C(c2cc(N)c3[nH]c(=O)n(Cc4ccccc4)c3c2)C(C)=C=NO1. The van der Waals surface area contributed by atoms with E-state index in [1.807, 2.05) is 56.3 Å². The number of hydrogen-bond acceptors (Lipinski definition) is 4. The molecule has 1 aliphatic heterocycles. The molecule has 0 saturated heterocycles. The summed E-state index contributed by atoms with van der Waals surface area (Å²) in [6.07, 6.45) is 0.694. The second-order valence-electron chi connectivity index (χ2n) is 6.53. The number of anilines is 1. The van der Waals surface area contributed by atoms with Crippen LogP contribution in [0.1, 0.15) is 31.4 Å². The zero-order valence-corrected chi connectivity index (χ0v) is 15.2. The zero-order chi connectivity index (χ0) is 19.0. The Bertz CT molecular complexity index is 1180. The lowest BCUT2D eigenvalue weighted by atomic mass is 9.96. The number of rotatable bonds is 4. The summed E-state index contributed by atoms with van der Waals surface area (Å²) in [7, 11) is 0. The average molecular weight is 360 g/mol. The van der Waals surface area contributed by atoms with Crippen LogP contribution in [0.4, 0.5) is 5.69 Å². The highest BCUT2D eigenvalue weighted by molar-refractivity contribution is 5.96. The van der Waals surface area contributed by atoms with Gasteiger partial charge in [-0.05, 0) is 35.3 Å². The maximum Gasteiger partial charge on any atom is 0.326 e. The van der Waals surface area contributed by atoms with Crippen LogP contribution in [0.25, 0.3) is 16.6 Å². The number of H-pyrrole nitrogens is 1. The summed E-state index contributed by atoms with van der Waals surface area (Å²) in [5, 5.41) is 3.81. The van der Waals surface area contributed by atoms with Crippen molar-refractivity contribution in [2.75, 3.05) is 5.73 Å². The van der Waals surface area contributed by atoms with Crippen molar-refractivity contribution in [2.24, 2.45) is 5.16 Å². The van der Waals surface area contributed by atoms with Crippen LogP contribution in [-0.4, -0.2) is 15.4 Å². The minimum Gasteiger partial charge on any atom is -0.397 e. The molecule has 3 N–H and O–H groups in total. The average Bonchev–Trinajstić information content (AvgIpc) is 2.98. The first kappa shape index (κ1) is 16.9. The fraction of sp³-hybridized carbons (Fsp3) is 0.190. The molecule has 2 aromatic carbocycles. The molecule has 0 aliphatic carbocycles. The van der Waals surface area contributed by atoms with Gasteiger partial charge in [0.1, 0.15) is 5.76 Å². The molecular weight excluding hydrogens is 340 g/mol. The molecule has 0 saturated carbocycles. The van der Waals surface area contributed by atoms with Crippen LogP contribution in [0.2, 0.25) is 0 Å². The maximum absolute atomic E-state index is 12.6. The van der Waals surface area contributed by atoms with Crippen LogP contribution in [0.3, 0.4) is 0 Å². The molecule has 0 amide bonds. The zero-order valence-electron chi connectivity index (χ0n) is 15.2. The van der Waals surface area contributed by atoms with E-state index in [1.54, 1.807) is 4.57 Å². The number of fused-ring (bicyclic) bond motifs is 1. The Kier molecular flexibility index (Phi) is 4.18. The van der Waals surface area contributed by atoms with Gasteiger partial charge in [0.25, 0.3) is 0 Å². The number of allylic oxidation sites excluding steroid dienone is 3. The Morgan fingerprint density at radius 1 is 1.26 bits per heavy atom. The van der Waals surface area contributed by atoms with Gasteiger partial charge in [0.15, 0.2) is 0 Å². The molecule has 27 heavy (non-hydrogen) atoms. The van der Waals surface area contributed by atoms with Crippen molar-refractivity contribution in [3.8, 4) is 0 Å². The van der Waals surface area contributed by atoms with Crippen LogP contribution in [-0.2, 0) is 11.4 Å². The van der Waals surface area contributed by atoms with Crippen molar-refractivity contribution in [1.29, 1.82) is 0 Å². The molecule has 0 fully saturated rings. The molecule has 2 heterocycles. The van der Waals surface area contributed by atoms with Gasteiger partial charge in [0.05, 0.1) is 23.3 Å². The van der Waals surface area contributed by atoms with Crippen LogP contribution in [0.5, 0.6) is 0 Å². The van der Waals surface area contributed by atoms with E-state index < -0.39 is 0 Å². The summed E-state index contributed by atoms with van der Waals surface area (Å²) >= 11 is 0. The van der Waals surface area contributed by atoms with E-state index in [0.29, 0.717) is 24.2 Å². The first-order valence-electron chi connectivity index (χ1n) is 8.85. The quantitative estimate of drug-likeness (QED) is 0.697. The molecule has 1 aliphatic rings. The van der Waals surface area contributed by atoms with Gasteiger partial charge in [-0.15, -0.1) is 0 Å². The lowest BCUT2D eigenvalue weighted by Gasteiger charge is -2.15. The monoisotopic (exact) mass is 360 g/mol. The number of nitrogens with one attached hydrogen (secondary N) is 1. The van der Waals surface area contributed by atoms with Gasteiger partial charge in [-0.2, -0.15) is 0 Å². The number of benzene rings is 2. The predicted octanol–water partition coefficient (Wildman–Crippen LogP) is 3.64. The fourth-order valence-corrected chi connectivity index (χ4v) is 3.42. The molecule has 0 spiro atoms. The lowest BCUT2D eigenvalue weighted by Crippen LogP contribution is -2.17. The molecule has 0 bridgehead atoms. The number of nitrogen functional groups attached to an aromatic ring is 1. The summed E-state index contributed by atoms with van der Waals surface area (Å²) in [6.45, 7) is 4.41. The molecule has 6 heteroatoms. The van der Waals surface area contributed by atoms with Gasteiger partial charge in [-0.3, -0.25) is 4.57 Å². The normalized spacial score (nSPS) is 13.8. The van der Waals surface area contributed by atoms with E-state index in [0.717, 1.165) is 33.5 Å². The van der Waals surface area contributed by atoms with Gasteiger partial charge >= 0.3 is 5.69 Å². The van der Waals surface area contributed by atoms with Crippen molar-refractivity contribution in [1.82, 2.24) is 9.55 Å². The number of hydrogen-bond donors (Lipinski definition) is 2. The number of imidazole rings is 1. The van der Waals surface area contributed by atoms with Gasteiger partial charge in [0.2, 0.25) is 0 Å². The second kappa shape index (κ2) is 6.67. The minimum absolute atomic E-state index is 0.184. The highest BCUT2D eigenvalue weighted by atomic mass is 16.6. The Labute approximate surface area is 156 Å². The Morgan fingerprint density at radius 2 is 2.04 bits per heavy atom. The third kappa shape index (κ3) is 2.96. The Hall–Kier alpha value is -3.50. The smallest absolute Gasteiger partial charge is 0.326 e. The van der Waals surface area contributed by atoms with Crippen LogP contribution < -0.4 is 11.4 Å². The summed E-state index contributed by atoms with van der Waals surface area (Å²) in [5.74, 6) is 3.63. The van der Waals surface area contributed by atoms with Crippen molar-refractivity contribution in [3.63, 3.8) is 0 Å². The van der Waals surface area contributed by atoms with E-state index in [-0.39, 0.29) is 5.69 Å². The van der Waals surface area contributed by atoms with Gasteiger partial charge in [-0.25, -0.2) is 4.79 Å². The van der Waals surface area contributed by atoms with Crippen LogP contribution in [0.15, 0.2) is 63.7 Å². The first-order valence-corrected chi connectivity index (χ1v) is 8.85. The molecular formula is C21H20N4O2. The highest BCUT2D eigenvalue weighted by Gasteiger charge is 2.19. The topological polar surface area (TPSA) is 85.4 Å². The second-order valence-corrected chi connectivity index (χ2v) is 6.53. The van der Waals surface area contributed by atoms with Gasteiger partial charge in [-0.1, -0.05) is 37.3 Å². The number of nitrogens with two attached hydrogens (primary N) is 1. The van der Waals surface area contributed by atoms with Gasteiger partial charge in [0, 0.05) is 23.4 Å². The van der Waals surface area contributed by atoms with E-state index in [1.165, 1.54) is 0 Å². The molecule has 3 aromatic rings. The van der Waals surface area contributed by atoms with E-state index >= 15 is 0 Å². The molecule has 136 valence electrons. The molecule has 0 unspecified atom stereocenters. The molecule has 0 atom stereocenters. The largest absolute Gasteiger partial charge is 0.397 e. The third-order valence-corrected chi connectivity index (χ3v) is 4.73. The van der Waals surface area contributed by atoms with Crippen molar-refractivity contribution in [2.45, 2.75) is 26.8 Å². The van der Waals surface area contributed by atoms with Gasteiger partial charge < -0.3 is 15.6 Å². The van der Waals surface area contributed by atoms with E-state index in [9.17, 15) is 4.79 Å². The minimum atomic E-state index is -0.184. The third-order valence-electron chi connectivity index (χ3n) is 4.73. The van der Waals surface area contributed by atoms with Crippen LogP contribution >= 0.6 is 0 Å².